The molecule has 4 atom stereocenters. The molecule has 32 heavy (non-hydrogen) atoms. The Balaban J connectivity index is 2.09. The molecule has 9 nitrogen and oxygen atoms in total. The van der Waals surface area contributed by atoms with Gasteiger partial charge in [-0.2, -0.15) is 4.98 Å². The van der Waals surface area contributed by atoms with Crippen molar-refractivity contribution < 1.29 is 18.0 Å². The first kappa shape index (κ1) is 25.5. The quantitative estimate of drug-likeness (QED) is 0.516. The third-order valence-electron chi connectivity index (χ3n) is 4.87. The Kier molecular flexibility index (Phi) is 7.07. The first-order valence-electron chi connectivity index (χ1n) is 11.1. The van der Waals surface area contributed by atoms with Crippen molar-refractivity contribution in [1.29, 1.82) is 0 Å². The fraction of sp³-hybridized carbons (Fsp3) is 0.750. The lowest BCUT2D eigenvalue weighted by atomic mass is 10.1. The van der Waals surface area contributed by atoms with Crippen LogP contribution in [0.4, 0.5) is 0 Å². The lowest BCUT2D eigenvalue weighted by Gasteiger charge is -2.34. The summed E-state index contributed by atoms with van der Waals surface area (Å²) in [5, 5.41) is 0. The van der Waals surface area contributed by atoms with Crippen molar-refractivity contribution in [3.63, 3.8) is 0 Å². The first-order chi connectivity index (χ1) is 14.6. The Bertz CT molecular complexity index is 1010. The summed E-state index contributed by atoms with van der Waals surface area (Å²) in [6, 6.07) is 0. The first-order valence-corrected chi connectivity index (χ1v) is 21.3. The molecule has 3 heterocycles. The normalized spacial score (nSPS) is 25.1. The Morgan fingerprint density at radius 1 is 0.906 bits per heavy atom. The maximum absolute atomic E-state index is 12.3. The van der Waals surface area contributed by atoms with Crippen LogP contribution in [-0.2, 0) is 25.1 Å². The van der Waals surface area contributed by atoms with Crippen LogP contribution in [0.5, 0.6) is 0 Å². The van der Waals surface area contributed by atoms with Crippen LogP contribution in [0.3, 0.4) is 0 Å². The van der Waals surface area contributed by atoms with Gasteiger partial charge in [0.1, 0.15) is 30.3 Å². The maximum atomic E-state index is 12.3. The van der Waals surface area contributed by atoms with E-state index in [2.05, 4.69) is 68.9 Å². The van der Waals surface area contributed by atoms with Crippen molar-refractivity contribution in [1.82, 2.24) is 19.1 Å². The minimum Gasteiger partial charge on any atom is -0.415 e. The van der Waals surface area contributed by atoms with E-state index in [1.807, 2.05) is 11.6 Å². The molecule has 1 fully saturated rings. The highest BCUT2D eigenvalue weighted by atomic mass is 28.4. The number of ether oxygens (including phenoxy) is 1. The average molecular weight is 499 g/mol. The molecular formula is C20H38N4O5Si3. The van der Waals surface area contributed by atoms with E-state index in [-0.39, 0.29) is 23.9 Å². The molecule has 1 aliphatic heterocycles. The average Bonchev–Trinajstić information content (AvgIpc) is 3.17. The van der Waals surface area contributed by atoms with Gasteiger partial charge < -0.3 is 22.6 Å². The molecule has 1 unspecified atom stereocenters. The van der Waals surface area contributed by atoms with Gasteiger partial charge in [0.25, 0.3) is 0 Å². The van der Waals surface area contributed by atoms with E-state index in [0.29, 0.717) is 17.8 Å². The van der Waals surface area contributed by atoms with Crippen LogP contribution in [0.1, 0.15) is 6.23 Å². The largest absolute Gasteiger partial charge is 0.415 e. The number of hydrogen-bond acceptors (Lipinski definition) is 7. The highest BCUT2D eigenvalue weighted by Gasteiger charge is 2.50. The van der Waals surface area contributed by atoms with Crippen molar-refractivity contribution >= 4 is 36.1 Å². The second kappa shape index (κ2) is 8.89. The highest BCUT2D eigenvalue weighted by molar-refractivity contribution is 6.70. The van der Waals surface area contributed by atoms with Crippen molar-refractivity contribution in [3.8, 4) is 0 Å². The minimum atomic E-state index is -1.97. The van der Waals surface area contributed by atoms with E-state index in [0.717, 1.165) is 0 Å². The second-order valence-corrected chi connectivity index (χ2v) is 24.8. The van der Waals surface area contributed by atoms with Gasteiger partial charge >= 0.3 is 5.56 Å². The van der Waals surface area contributed by atoms with E-state index >= 15 is 0 Å². The number of imidazole rings is 1. The van der Waals surface area contributed by atoms with Gasteiger partial charge in [-0.25, -0.2) is 4.98 Å². The van der Waals surface area contributed by atoms with Crippen molar-refractivity contribution in [2.75, 3.05) is 6.61 Å². The van der Waals surface area contributed by atoms with Gasteiger partial charge in [-0.1, -0.05) is 0 Å². The number of rotatable bonds is 8. The Morgan fingerprint density at radius 2 is 1.50 bits per heavy atom. The van der Waals surface area contributed by atoms with Crippen LogP contribution in [0.15, 0.2) is 17.4 Å². The molecule has 0 aliphatic carbocycles. The van der Waals surface area contributed by atoms with E-state index in [4.69, 9.17) is 18.0 Å². The van der Waals surface area contributed by atoms with Gasteiger partial charge in [0.2, 0.25) is 0 Å². The Morgan fingerprint density at radius 3 is 2.06 bits per heavy atom. The summed E-state index contributed by atoms with van der Waals surface area (Å²) in [6.07, 6.45) is 1.77. The maximum Gasteiger partial charge on any atom is 0.300 e. The Labute approximate surface area is 193 Å². The number of hydrogen-bond donors (Lipinski definition) is 0. The number of aryl methyl sites for hydroxylation is 1. The highest BCUT2D eigenvalue weighted by Crippen LogP contribution is 2.38. The molecule has 2 aromatic rings. The van der Waals surface area contributed by atoms with Crippen molar-refractivity contribution in [3.05, 3.63) is 23.0 Å². The molecule has 2 aromatic heterocycles. The molecule has 180 valence electrons. The zero-order valence-corrected chi connectivity index (χ0v) is 24.0. The monoisotopic (exact) mass is 498 g/mol. The summed E-state index contributed by atoms with van der Waals surface area (Å²) in [7, 11) is -3.80. The summed E-state index contributed by atoms with van der Waals surface area (Å²) in [5.41, 5.74) is 0.610. The number of aromatic nitrogens is 4. The van der Waals surface area contributed by atoms with Crippen LogP contribution >= 0.6 is 0 Å². The van der Waals surface area contributed by atoms with Crippen LogP contribution in [0.2, 0.25) is 58.9 Å². The SMILES string of the molecule is Cn1cnc(=O)c2ncn(C3O[C@@H](CO[Si](C)(C)C)[C@H](O[Si](C)(C)C)[C@@H]3O[Si](C)(C)C)c21. The number of fused-ring (bicyclic) bond motifs is 1. The van der Waals surface area contributed by atoms with Gasteiger partial charge in [-0.15, -0.1) is 0 Å². The van der Waals surface area contributed by atoms with Crippen molar-refractivity contribution in [2.24, 2.45) is 7.05 Å². The molecule has 0 radical (unpaired) electrons. The van der Waals surface area contributed by atoms with Crippen molar-refractivity contribution in [2.45, 2.75) is 83.5 Å². The number of nitrogens with zero attached hydrogens (tertiary/aromatic N) is 4. The molecule has 1 aliphatic rings. The fourth-order valence-corrected chi connectivity index (χ4v) is 6.61. The van der Waals surface area contributed by atoms with Gasteiger partial charge in [-0.3, -0.25) is 9.36 Å². The van der Waals surface area contributed by atoms with Crippen LogP contribution in [-0.4, -0.2) is 69.0 Å². The molecule has 0 amide bonds. The standard InChI is InChI=1S/C20H38N4O5Si3/c1-23-12-22-18(25)15-19(23)24(13-21-15)20-17(29-32(8,9)10)16(28-31(5,6)7)14(27-20)11-26-30(2,3)4/h12-14,16-17,20H,11H2,1-10H3/t14-,16-,17-,20?/m0/s1. The minimum absolute atomic E-state index is 0.272. The molecule has 3 rings (SSSR count). The fourth-order valence-electron chi connectivity index (χ4n) is 3.78. The molecule has 0 bridgehead atoms. The summed E-state index contributed by atoms with van der Waals surface area (Å²) >= 11 is 0. The zero-order chi connectivity index (χ0) is 24.1. The van der Waals surface area contributed by atoms with E-state index in [1.54, 1.807) is 10.9 Å². The predicted molar refractivity (Wildman–Crippen MR) is 132 cm³/mol. The van der Waals surface area contributed by atoms with Gasteiger partial charge in [-0.05, 0) is 58.9 Å². The summed E-state index contributed by atoms with van der Waals surface area (Å²) in [4.78, 5) is 20.5. The van der Waals surface area contributed by atoms with E-state index in [9.17, 15) is 4.79 Å². The molecule has 12 heteroatoms. The molecule has 1 saturated heterocycles. The molecular weight excluding hydrogens is 461 g/mol. The molecule has 0 aromatic carbocycles. The third kappa shape index (κ3) is 6.04. The lowest BCUT2D eigenvalue weighted by Crippen LogP contribution is -2.48. The lowest BCUT2D eigenvalue weighted by molar-refractivity contribution is -0.0458. The van der Waals surface area contributed by atoms with Crippen LogP contribution in [0.25, 0.3) is 11.2 Å². The van der Waals surface area contributed by atoms with Gasteiger partial charge in [0.15, 0.2) is 36.7 Å². The summed E-state index contributed by atoms with van der Waals surface area (Å²) in [5.74, 6) is 0. The topological polar surface area (TPSA) is 89.6 Å². The summed E-state index contributed by atoms with van der Waals surface area (Å²) in [6.45, 7) is 19.9. The predicted octanol–water partition coefficient (Wildman–Crippen LogP) is 3.32. The summed E-state index contributed by atoms with van der Waals surface area (Å²) < 4.78 is 29.9. The van der Waals surface area contributed by atoms with E-state index < -0.39 is 31.2 Å². The van der Waals surface area contributed by atoms with Crippen LogP contribution < -0.4 is 5.56 Å². The van der Waals surface area contributed by atoms with Gasteiger partial charge in [0, 0.05) is 7.05 Å². The van der Waals surface area contributed by atoms with Crippen LogP contribution in [0, 0.1) is 0 Å². The third-order valence-corrected chi connectivity index (χ3v) is 7.86. The smallest absolute Gasteiger partial charge is 0.300 e. The zero-order valence-electron chi connectivity index (χ0n) is 21.0. The molecule has 0 N–H and O–H groups in total. The molecule has 0 spiro atoms. The molecule has 0 saturated carbocycles. The van der Waals surface area contributed by atoms with Gasteiger partial charge in [0.05, 0.1) is 12.9 Å². The van der Waals surface area contributed by atoms with E-state index in [1.165, 1.54) is 6.33 Å². The Hall–Kier alpha value is -1.16. The second-order valence-electron chi connectivity index (χ2n) is 11.4.